The molecule has 156 valence electrons. The molecular formula is C21H37NO4S. The van der Waals surface area contributed by atoms with E-state index >= 15 is 0 Å². The number of rotatable bonds is 14. The highest BCUT2D eigenvalue weighted by Gasteiger charge is 2.34. The molecule has 0 saturated heterocycles. The van der Waals surface area contributed by atoms with Gasteiger partial charge in [-0.05, 0) is 51.3 Å². The molecular weight excluding hydrogens is 362 g/mol. The Morgan fingerprint density at radius 1 is 1.07 bits per heavy atom. The van der Waals surface area contributed by atoms with E-state index in [-0.39, 0.29) is 19.3 Å². The first-order valence-corrected chi connectivity index (χ1v) is 11.5. The molecule has 0 bridgehead atoms. The SMILES string of the molecule is CCCC(CCC)C(CC(c1ccccc1)S(=O)(=O)OCCCO)N(C)C. The van der Waals surface area contributed by atoms with Crippen LogP contribution in [0.5, 0.6) is 0 Å². The van der Waals surface area contributed by atoms with Crippen LogP contribution in [0.1, 0.15) is 63.2 Å². The Bertz CT molecular complexity index is 598. The molecule has 0 radical (unpaired) electrons. The predicted molar refractivity (Wildman–Crippen MR) is 111 cm³/mol. The van der Waals surface area contributed by atoms with Crippen LogP contribution in [0.3, 0.4) is 0 Å². The minimum absolute atomic E-state index is 0.0160. The maximum Gasteiger partial charge on any atom is 0.274 e. The van der Waals surface area contributed by atoms with Crippen molar-refractivity contribution in [2.75, 3.05) is 27.3 Å². The summed E-state index contributed by atoms with van der Waals surface area (Å²) in [5, 5.41) is 8.24. The second-order valence-electron chi connectivity index (χ2n) is 7.40. The van der Waals surface area contributed by atoms with E-state index in [1.165, 1.54) is 0 Å². The van der Waals surface area contributed by atoms with E-state index < -0.39 is 15.4 Å². The van der Waals surface area contributed by atoms with Crippen molar-refractivity contribution in [3.63, 3.8) is 0 Å². The van der Waals surface area contributed by atoms with Crippen LogP contribution in [0.25, 0.3) is 0 Å². The summed E-state index contributed by atoms with van der Waals surface area (Å²) in [7, 11) is 0.287. The van der Waals surface area contributed by atoms with Gasteiger partial charge in [0.05, 0.1) is 6.61 Å². The fraction of sp³-hybridized carbons (Fsp3) is 0.714. The summed E-state index contributed by atoms with van der Waals surface area (Å²) in [5.41, 5.74) is 0.764. The summed E-state index contributed by atoms with van der Waals surface area (Å²) in [6.07, 6.45) is 5.16. The highest BCUT2D eigenvalue weighted by molar-refractivity contribution is 7.87. The third-order valence-corrected chi connectivity index (χ3v) is 6.71. The Hall–Kier alpha value is -0.950. The quantitative estimate of drug-likeness (QED) is 0.378. The van der Waals surface area contributed by atoms with E-state index in [1.54, 1.807) is 0 Å². The minimum atomic E-state index is -3.78. The van der Waals surface area contributed by atoms with Gasteiger partial charge in [-0.1, -0.05) is 57.0 Å². The zero-order valence-electron chi connectivity index (χ0n) is 17.3. The molecule has 5 nitrogen and oxygen atoms in total. The first-order valence-electron chi connectivity index (χ1n) is 10.1. The van der Waals surface area contributed by atoms with Crippen molar-refractivity contribution in [2.45, 2.75) is 63.7 Å². The third-order valence-electron chi connectivity index (χ3n) is 5.05. The van der Waals surface area contributed by atoms with E-state index in [1.807, 2.05) is 44.4 Å². The first kappa shape index (κ1) is 24.1. The lowest BCUT2D eigenvalue weighted by Crippen LogP contribution is -2.38. The van der Waals surface area contributed by atoms with Gasteiger partial charge in [0.25, 0.3) is 10.1 Å². The summed E-state index contributed by atoms with van der Waals surface area (Å²) in [4.78, 5) is 2.16. The van der Waals surface area contributed by atoms with E-state index in [0.717, 1.165) is 31.2 Å². The molecule has 0 fully saturated rings. The number of hydrogen-bond acceptors (Lipinski definition) is 5. The van der Waals surface area contributed by atoms with Crippen LogP contribution in [0.4, 0.5) is 0 Å². The molecule has 1 N–H and O–H groups in total. The van der Waals surface area contributed by atoms with E-state index in [9.17, 15) is 8.42 Å². The predicted octanol–water partition coefficient (Wildman–Crippen LogP) is 3.99. The van der Waals surface area contributed by atoms with Gasteiger partial charge in [-0.2, -0.15) is 8.42 Å². The Morgan fingerprint density at radius 3 is 2.15 bits per heavy atom. The molecule has 0 aliphatic heterocycles. The molecule has 0 aromatic heterocycles. The molecule has 0 amide bonds. The summed E-state index contributed by atoms with van der Waals surface area (Å²) >= 11 is 0. The van der Waals surface area contributed by atoms with Crippen LogP contribution in [-0.2, 0) is 14.3 Å². The van der Waals surface area contributed by atoms with Crippen LogP contribution in [0.2, 0.25) is 0 Å². The molecule has 0 saturated carbocycles. The average Bonchev–Trinajstić information content (AvgIpc) is 2.62. The number of benzene rings is 1. The summed E-state index contributed by atoms with van der Waals surface area (Å²) < 4.78 is 31.2. The largest absolute Gasteiger partial charge is 0.396 e. The average molecular weight is 400 g/mol. The summed E-state index contributed by atoms with van der Waals surface area (Å²) in [5.74, 6) is 0.453. The van der Waals surface area contributed by atoms with Crippen molar-refractivity contribution in [2.24, 2.45) is 5.92 Å². The molecule has 6 heteroatoms. The second-order valence-corrected chi connectivity index (χ2v) is 9.19. The molecule has 27 heavy (non-hydrogen) atoms. The lowest BCUT2D eigenvalue weighted by Gasteiger charge is -2.35. The maximum absolute atomic E-state index is 13.0. The van der Waals surface area contributed by atoms with Gasteiger partial charge in [0.1, 0.15) is 5.25 Å². The summed E-state index contributed by atoms with van der Waals surface area (Å²) in [6, 6.07) is 9.50. The van der Waals surface area contributed by atoms with Gasteiger partial charge in [0.2, 0.25) is 0 Å². The molecule has 1 aromatic carbocycles. The topological polar surface area (TPSA) is 66.8 Å². The molecule has 1 rings (SSSR count). The van der Waals surface area contributed by atoms with Gasteiger partial charge in [0.15, 0.2) is 0 Å². The highest BCUT2D eigenvalue weighted by Crippen LogP contribution is 2.34. The summed E-state index contributed by atoms with van der Waals surface area (Å²) in [6.45, 7) is 4.29. The monoisotopic (exact) mass is 399 g/mol. The zero-order chi connectivity index (χ0) is 20.3. The van der Waals surface area contributed by atoms with Crippen molar-refractivity contribution in [3.05, 3.63) is 35.9 Å². The van der Waals surface area contributed by atoms with Crippen LogP contribution in [-0.4, -0.2) is 51.8 Å². The molecule has 0 aliphatic rings. The smallest absolute Gasteiger partial charge is 0.274 e. The maximum atomic E-state index is 13.0. The number of aliphatic hydroxyl groups excluding tert-OH is 1. The highest BCUT2D eigenvalue weighted by atomic mass is 32.2. The van der Waals surface area contributed by atoms with Gasteiger partial charge in [-0.15, -0.1) is 0 Å². The fourth-order valence-electron chi connectivity index (χ4n) is 3.72. The van der Waals surface area contributed by atoms with Gasteiger partial charge in [-0.25, -0.2) is 0 Å². The molecule has 0 heterocycles. The zero-order valence-corrected chi connectivity index (χ0v) is 18.1. The van der Waals surface area contributed by atoms with Crippen LogP contribution in [0.15, 0.2) is 30.3 Å². The van der Waals surface area contributed by atoms with Crippen molar-refractivity contribution < 1.29 is 17.7 Å². The van der Waals surface area contributed by atoms with Crippen molar-refractivity contribution in [3.8, 4) is 0 Å². The van der Waals surface area contributed by atoms with Crippen molar-refractivity contribution in [1.82, 2.24) is 4.90 Å². The van der Waals surface area contributed by atoms with Crippen LogP contribution >= 0.6 is 0 Å². The van der Waals surface area contributed by atoms with Crippen molar-refractivity contribution >= 4 is 10.1 Å². The molecule has 1 aromatic rings. The Labute approximate surface area is 165 Å². The Kier molecular flexibility index (Phi) is 11.1. The fourth-order valence-corrected chi connectivity index (χ4v) is 5.16. The minimum Gasteiger partial charge on any atom is -0.396 e. The standard InChI is InChI=1S/C21H37NO4S/c1-5-11-18(12-6-2)20(22(3)4)17-21(19-13-8-7-9-14-19)27(24,25)26-16-10-15-23/h7-9,13-14,18,20-21,23H,5-6,10-12,15-17H2,1-4H3. The normalized spacial score (nSPS) is 14.6. The third kappa shape index (κ3) is 7.90. The van der Waals surface area contributed by atoms with Crippen LogP contribution in [0, 0.1) is 5.92 Å². The number of hydrogen-bond donors (Lipinski definition) is 1. The second kappa shape index (κ2) is 12.5. The van der Waals surface area contributed by atoms with Gasteiger partial charge >= 0.3 is 0 Å². The Balaban J connectivity index is 3.16. The van der Waals surface area contributed by atoms with E-state index in [2.05, 4.69) is 18.7 Å². The van der Waals surface area contributed by atoms with Gasteiger partial charge < -0.3 is 10.0 Å². The molecule has 0 aliphatic carbocycles. The number of nitrogens with zero attached hydrogens (tertiary/aromatic N) is 1. The van der Waals surface area contributed by atoms with Crippen molar-refractivity contribution in [1.29, 1.82) is 0 Å². The van der Waals surface area contributed by atoms with Gasteiger partial charge in [-0.3, -0.25) is 4.18 Å². The van der Waals surface area contributed by atoms with Gasteiger partial charge in [0, 0.05) is 12.6 Å². The van der Waals surface area contributed by atoms with E-state index in [4.69, 9.17) is 9.29 Å². The first-order chi connectivity index (χ1) is 12.9. The lowest BCUT2D eigenvalue weighted by atomic mass is 9.86. The lowest BCUT2D eigenvalue weighted by molar-refractivity contribution is 0.173. The van der Waals surface area contributed by atoms with E-state index in [0.29, 0.717) is 18.8 Å². The molecule has 0 spiro atoms. The Morgan fingerprint density at radius 2 is 1.67 bits per heavy atom. The van der Waals surface area contributed by atoms with Crippen LogP contribution < -0.4 is 0 Å². The molecule has 2 atom stereocenters. The number of aliphatic hydroxyl groups is 1. The molecule has 2 unspecified atom stereocenters.